The molecule has 14 heavy (non-hydrogen) atoms. The molecule has 0 radical (unpaired) electrons. The molecule has 1 heterocycles. The molecule has 1 amide bonds. The van der Waals surface area contributed by atoms with Crippen molar-refractivity contribution in [2.45, 2.75) is 39.7 Å². The lowest BCUT2D eigenvalue weighted by atomic mass is 10.0. The van der Waals surface area contributed by atoms with Gasteiger partial charge in [-0.2, -0.15) is 0 Å². The molecule has 1 aliphatic rings. The van der Waals surface area contributed by atoms with Gasteiger partial charge in [-0.25, -0.2) is 0 Å². The molecule has 0 bridgehead atoms. The first-order chi connectivity index (χ1) is 6.56. The predicted octanol–water partition coefficient (Wildman–Crippen LogP) is 2.66. The molecule has 2 atom stereocenters. The smallest absolute Gasteiger partial charge is 0.223 e. The van der Waals surface area contributed by atoms with Crippen molar-refractivity contribution in [3.05, 3.63) is 0 Å². The highest BCUT2D eigenvalue weighted by Crippen LogP contribution is 2.26. The summed E-state index contributed by atoms with van der Waals surface area (Å²) >= 11 is 3.50. The summed E-state index contributed by atoms with van der Waals surface area (Å²) in [6.45, 7) is 7.37. The largest absolute Gasteiger partial charge is 0.339 e. The van der Waals surface area contributed by atoms with Crippen molar-refractivity contribution in [2.24, 2.45) is 11.8 Å². The Balaban J connectivity index is 2.55. The maximum Gasteiger partial charge on any atom is 0.223 e. The minimum Gasteiger partial charge on any atom is -0.339 e. The molecule has 3 heteroatoms. The molecular formula is C11H20BrNO. The average molecular weight is 262 g/mol. The highest BCUT2D eigenvalue weighted by atomic mass is 79.9. The van der Waals surface area contributed by atoms with Crippen molar-refractivity contribution < 1.29 is 4.79 Å². The summed E-state index contributed by atoms with van der Waals surface area (Å²) in [6.07, 6.45) is 1.84. The van der Waals surface area contributed by atoms with Crippen LogP contribution in [0.15, 0.2) is 0 Å². The zero-order valence-electron chi connectivity index (χ0n) is 9.29. The van der Waals surface area contributed by atoms with E-state index in [0.717, 1.165) is 18.3 Å². The van der Waals surface area contributed by atoms with Crippen LogP contribution in [0.3, 0.4) is 0 Å². The summed E-state index contributed by atoms with van der Waals surface area (Å²) in [4.78, 5) is 13.9. The van der Waals surface area contributed by atoms with Gasteiger partial charge >= 0.3 is 0 Å². The average Bonchev–Trinajstić information content (AvgIpc) is 2.45. The first-order valence-electron chi connectivity index (χ1n) is 5.41. The van der Waals surface area contributed by atoms with Crippen LogP contribution in [0.1, 0.15) is 33.6 Å². The third-order valence-corrected chi connectivity index (χ3v) is 3.61. The number of carbonyl (C=O) groups is 1. The Kier molecular flexibility index (Phi) is 4.42. The SMILES string of the molecule is CC(C)CC(=O)N1CCC(C)C1CBr. The van der Waals surface area contributed by atoms with Crippen molar-refractivity contribution in [1.29, 1.82) is 0 Å². The first-order valence-corrected chi connectivity index (χ1v) is 6.53. The van der Waals surface area contributed by atoms with E-state index < -0.39 is 0 Å². The monoisotopic (exact) mass is 261 g/mol. The maximum atomic E-state index is 11.9. The van der Waals surface area contributed by atoms with E-state index in [1.807, 2.05) is 0 Å². The van der Waals surface area contributed by atoms with Gasteiger partial charge in [-0.15, -0.1) is 0 Å². The number of alkyl halides is 1. The van der Waals surface area contributed by atoms with Gasteiger partial charge in [-0.05, 0) is 18.3 Å². The van der Waals surface area contributed by atoms with Crippen LogP contribution in [-0.2, 0) is 4.79 Å². The standard InChI is InChI=1S/C11H20BrNO/c1-8(2)6-11(14)13-5-4-9(3)10(13)7-12/h8-10H,4-7H2,1-3H3. The molecule has 0 aliphatic carbocycles. The molecule has 0 saturated carbocycles. The number of rotatable bonds is 3. The van der Waals surface area contributed by atoms with Crippen LogP contribution < -0.4 is 0 Å². The van der Waals surface area contributed by atoms with E-state index in [1.165, 1.54) is 0 Å². The lowest BCUT2D eigenvalue weighted by Crippen LogP contribution is -2.39. The topological polar surface area (TPSA) is 20.3 Å². The molecule has 1 fully saturated rings. The lowest BCUT2D eigenvalue weighted by molar-refractivity contribution is -0.132. The van der Waals surface area contributed by atoms with E-state index in [0.29, 0.717) is 30.2 Å². The summed E-state index contributed by atoms with van der Waals surface area (Å²) in [6, 6.07) is 0.418. The van der Waals surface area contributed by atoms with Crippen molar-refractivity contribution in [2.75, 3.05) is 11.9 Å². The molecule has 1 aliphatic heterocycles. The lowest BCUT2D eigenvalue weighted by Gasteiger charge is -2.26. The minimum absolute atomic E-state index is 0.328. The number of carbonyl (C=O) groups excluding carboxylic acids is 1. The van der Waals surface area contributed by atoms with Crippen LogP contribution in [0.25, 0.3) is 0 Å². The molecule has 0 aromatic carbocycles. The van der Waals surface area contributed by atoms with E-state index in [4.69, 9.17) is 0 Å². The third kappa shape index (κ3) is 2.72. The predicted molar refractivity (Wildman–Crippen MR) is 62.5 cm³/mol. The second-order valence-electron chi connectivity index (χ2n) is 4.67. The fraction of sp³-hybridized carbons (Fsp3) is 0.909. The molecule has 82 valence electrons. The molecule has 0 aromatic rings. The van der Waals surface area contributed by atoms with Crippen LogP contribution in [0.2, 0.25) is 0 Å². The number of likely N-dealkylation sites (tertiary alicyclic amines) is 1. The first kappa shape index (κ1) is 12.0. The Morgan fingerprint density at radius 1 is 1.57 bits per heavy atom. The highest BCUT2D eigenvalue weighted by Gasteiger charge is 2.33. The molecular weight excluding hydrogens is 242 g/mol. The molecule has 2 nitrogen and oxygen atoms in total. The van der Waals surface area contributed by atoms with Gasteiger partial charge in [0.15, 0.2) is 0 Å². The summed E-state index contributed by atoms with van der Waals surface area (Å²) in [5, 5.41) is 0.915. The Morgan fingerprint density at radius 2 is 2.21 bits per heavy atom. The van der Waals surface area contributed by atoms with Crippen LogP contribution in [0, 0.1) is 11.8 Å². The Labute approximate surface area is 95.2 Å². The number of amides is 1. The van der Waals surface area contributed by atoms with Crippen LogP contribution in [-0.4, -0.2) is 28.7 Å². The van der Waals surface area contributed by atoms with E-state index in [-0.39, 0.29) is 0 Å². The van der Waals surface area contributed by atoms with Gasteiger partial charge in [0.25, 0.3) is 0 Å². The van der Waals surface area contributed by atoms with Crippen LogP contribution in [0.5, 0.6) is 0 Å². The summed E-state index contributed by atoms with van der Waals surface area (Å²) in [5.74, 6) is 1.44. The molecule has 1 rings (SSSR count). The van der Waals surface area contributed by atoms with Gasteiger partial charge in [0.2, 0.25) is 5.91 Å². The molecule has 0 spiro atoms. The Bertz CT molecular complexity index is 205. The molecule has 1 saturated heterocycles. The second kappa shape index (κ2) is 5.15. The van der Waals surface area contributed by atoms with Gasteiger partial charge in [-0.1, -0.05) is 36.7 Å². The van der Waals surface area contributed by atoms with Gasteiger partial charge in [0, 0.05) is 24.3 Å². The fourth-order valence-electron chi connectivity index (χ4n) is 2.02. The zero-order chi connectivity index (χ0) is 10.7. The Hall–Kier alpha value is -0.0500. The molecule has 0 N–H and O–H groups in total. The Morgan fingerprint density at radius 3 is 2.71 bits per heavy atom. The number of nitrogens with zero attached hydrogens (tertiary/aromatic N) is 1. The quantitative estimate of drug-likeness (QED) is 0.716. The fourth-order valence-corrected chi connectivity index (χ4v) is 3.01. The van der Waals surface area contributed by atoms with Gasteiger partial charge in [0.05, 0.1) is 0 Å². The molecule has 0 aromatic heterocycles. The van der Waals surface area contributed by atoms with Gasteiger partial charge in [0.1, 0.15) is 0 Å². The second-order valence-corrected chi connectivity index (χ2v) is 5.32. The maximum absolute atomic E-state index is 11.9. The number of halogens is 1. The number of hydrogen-bond acceptors (Lipinski definition) is 1. The van der Waals surface area contributed by atoms with E-state index in [9.17, 15) is 4.79 Å². The van der Waals surface area contributed by atoms with E-state index in [2.05, 4.69) is 41.6 Å². The van der Waals surface area contributed by atoms with Crippen molar-refractivity contribution in [1.82, 2.24) is 4.90 Å². The van der Waals surface area contributed by atoms with E-state index in [1.54, 1.807) is 0 Å². The van der Waals surface area contributed by atoms with Crippen molar-refractivity contribution >= 4 is 21.8 Å². The summed E-state index contributed by atoms with van der Waals surface area (Å²) in [5.41, 5.74) is 0. The minimum atomic E-state index is 0.328. The van der Waals surface area contributed by atoms with Gasteiger partial charge < -0.3 is 4.90 Å². The number of hydrogen-bond donors (Lipinski definition) is 0. The third-order valence-electron chi connectivity index (χ3n) is 2.94. The summed E-state index contributed by atoms with van der Waals surface area (Å²) in [7, 11) is 0. The highest BCUT2D eigenvalue weighted by molar-refractivity contribution is 9.09. The summed E-state index contributed by atoms with van der Waals surface area (Å²) < 4.78 is 0. The van der Waals surface area contributed by atoms with Crippen molar-refractivity contribution in [3.8, 4) is 0 Å². The van der Waals surface area contributed by atoms with E-state index >= 15 is 0 Å². The van der Waals surface area contributed by atoms with Crippen molar-refractivity contribution in [3.63, 3.8) is 0 Å². The normalized spacial score (nSPS) is 27.4. The van der Waals surface area contributed by atoms with Crippen LogP contribution in [0.4, 0.5) is 0 Å². The zero-order valence-corrected chi connectivity index (χ0v) is 10.9. The van der Waals surface area contributed by atoms with Crippen LogP contribution >= 0.6 is 15.9 Å². The van der Waals surface area contributed by atoms with Gasteiger partial charge in [-0.3, -0.25) is 4.79 Å². The molecule has 2 unspecified atom stereocenters.